The third-order valence-corrected chi connectivity index (χ3v) is 4.97. The van der Waals surface area contributed by atoms with Crippen LogP contribution in [0.4, 0.5) is 0 Å². The van der Waals surface area contributed by atoms with Crippen LogP contribution in [0.1, 0.15) is 30.4 Å². The number of benzene rings is 1. The second kappa shape index (κ2) is 5.39. The van der Waals surface area contributed by atoms with E-state index in [0.29, 0.717) is 6.04 Å². The molecule has 1 aromatic rings. The molecule has 0 heterocycles. The van der Waals surface area contributed by atoms with Crippen LogP contribution in [-0.4, -0.2) is 18.1 Å². The molecule has 3 rings (SSSR count). The fourth-order valence-corrected chi connectivity index (χ4v) is 3.76. The molecule has 0 saturated carbocycles. The van der Waals surface area contributed by atoms with Crippen LogP contribution in [0.2, 0.25) is 0 Å². The first-order valence-electron chi connectivity index (χ1n) is 7.11. The van der Waals surface area contributed by atoms with E-state index >= 15 is 0 Å². The molecule has 1 atom stereocenters. The maximum Gasteiger partial charge on any atom is 0.0350 e. The lowest BCUT2D eigenvalue weighted by molar-refractivity contribution is 0.262. The van der Waals surface area contributed by atoms with Crippen LogP contribution in [0, 0.1) is 0 Å². The molecule has 0 fully saturated rings. The smallest absolute Gasteiger partial charge is 0.0350 e. The van der Waals surface area contributed by atoms with Gasteiger partial charge in [0.05, 0.1) is 0 Å². The van der Waals surface area contributed by atoms with Crippen molar-refractivity contribution in [3.8, 4) is 0 Å². The van der Waals surface area contributed by atoms with Gasteiger partial charge < -0.3 is 11.1 Å². The second-order valence-electron chi connectivity index (χ2n) is 5.86. The number of halogens is 1. The highest BCUT2D eigenvalue weighted by Gasteiger charge is 2.34. The molecular weight excluding hydrogens is 300 g/mol. The Balaban J connectivity index is 1.78. The largest absolute Gasteiger partial charge is 0.329 e. The molecule has 0 radical (unpaired) electrons. The van der Waals surface area contributed by atoms with Crippen molar-refractivity contribution in [1.29, 1.82) is 0 Å². The fourth-order valence-electron chi connectivity index (χ4n) is 3.35. The minimum absolute atomic E-state index is 0.0948. The normalized spacial score (nSPS) is 26.6. The van der Waals surface area contributed by atoms with Gasteiger partial charge in [-0.15, -0.1) is 0 Å². The monoisotopic (exact) mass is 320 g/mol. The summed E-state index contributed by atoms with van der Waals surface area (Å²) in [6.07, 6.45) is 10.2. The summed E-state index contributed by atoms with van der Waals surface area (Å²) in [5.41, 5.74) is 9.14. The lowest BCUT2D eigenvalue weighted by Gasteiger charge is -2.40. The van der Waals surface area contributed by atoms with Crippen LogP contribution >= 0.6 is 15.9 Å². The summed E-state index contributed by atoms with van der Waals surface area (Å²) in [6.45, 7) is 0.721. The molecule has 0 saturated heterocycles. The zero-order valence-electron chi connectivity index (χ0n) is 11.2. The van der Waals surface area contributed by atoms with Gasteiger partial charge in [-0.05, 0) is 55.4 Å². The number of rotatable bonds is 3. The summed E-state index contributed by atoms with van der Waals surface area (Å²) in [7, 11) is 0. The maximum absolute atomic E-state index is 6.11. The van der Waals surface area contributed by atoms with Crippen molar-refractivity contribution in [2.45, 2.75) is 43.7 Å². The van der Waals surface area contributed by atoms with Gasteiger partial charge in [-0.1, -0.05) is 34.1 Å². The topological polar surface area (TPSA) is 38.0 Å². The molecule has 102 valence electrons. The third-order valence-electron chi connectivity index (χ3n) is 4.48. The Labute approximate surface area is 123 Å². The minimum atomic E-state index is 0.0948. The molecule has 3 heteroatoms. The highest BCUT2D eigenvalue weighted by atomic mass is 79.9. The molecule has 3 N–H and O–H groups in total. The van der Waals surface area contributed by atoms with Crippen molar-refractivity contribution in [3.05, 3.63) is 46.0 Å². The molecular formula is C16H21BrN2. The molecule has 0 amide bonds. The molecule has 2 aliphatic carbocycles. The van der Waals surface area contributed by atoms with Crippen LogP contribution < -0.4 is 11.1 Å². The number of nitrogens with two attached hydrogens (primary N) is 1. The van der Waals surface area contributed by atoms with E-state index in [1.54, 1.807) is 0 Å². The van der Waals surface area contributed by atoms with E-state index in [-0.39, 0.29) is 5.54 Å². The molecule has 1 aromatic carbocycles. The van der Waals surface area contributed by atoms with Gasteiger partial charge in [0.15, 0.2) is 0 Å². The van der Waals surface area contributed by atoms with E-state index in [9.17, 15) is 0 Å². The van der Waals surface area contributed by atoms with E-state index < -0.39 is 0 Å². The van der Waals surface area contributed by atoms with Crippen LogP contribution in [0.3, 0.4) is 0 Å². The van der Waals surface area contributed by atoms with E-state index in [1.165, 1.54) is 15.6 Å². The summed E-state index contributed by atoms with van der Waals surface area (Å²) in [6, 6.07) is 7.23. The molecule has 0 aromatic heterocycles. The molecule has 0 spiro atoms. The minimum Gasteiger partial charge on any atom is -0.329 e. The second-order valence-corrected chi connectivity index (χ2v) is 6.77. The zero-order chi connectivity index (χ0) is 13.3. The summed E-state index contributed by atoms with van der Waals surface area (Å²) >= 11 is 3.56. The van der Waals surface area contributed by atoms with Gasteiger partial charge in [-0.2, -0.15) is 0 Å². The van der Waals surface area contributed by atoms with E-state index in [2.05, 4.69) is 51.6 Å². The quantitative estimate of drug-likeness (QED) is 0.840. The Kier molecular flexibility index (Phi) is 3.79. The lowest BCUT2D eigenvalue weighted by atomic mass is 9.77. The third kappa shape index (κ3) is 2.78. The summed E-state index contributed by atoms with van der Waals surface area (Å²) in [4.78, 5) is 0. The van der Waals surface area contributed by atoms with E-state index in [1.807, 2.05) is 0 Å². The van der Waals surface area contributed by atoms with Gasteiger partial charge in [-0.25, -0.2) is 0 Å². The Morgan fingerprint density at radius 2 is 2.05 bits per heavy atom. The average Bonchev–Trinajstić information content (AvgIpc) is 2.92. The Bertz CT molecular complexity index is 490. The average molecular weight is 321 g/mol. The molecule has 19 heavy (non-hydrogen) atoms. The predicted molar refractivity (Wildman–Crippen MR) is 83.3 cm³/mol. The van der Waals surface area contributed by atoms with Crippen molar-refractivity contribution in [2.75, 3.05) is 6.54 Å². The van der Waals surface area contributed by atoms with Crippen molar-refractivity contribution in [1.82, 2.24) is 5.32 Å². The van der Waals surface area contributed by atoms with Gasteiger partial charge in [-0.3, -0.25) is 0 Å². The molecule has 2 aliphatic rings. The first-order chi connectivity index (χ1) is 9.21. The molecule has 0 aliphatic heterocycles. The number of aryl methyl sites for hydroxylation is 1. The summed E-state index contributed by atoms with van der Waals surface area (Å²) < 4.78 is 1.18. The first kappa shape index (κ1) is 13.3. The van der Waals surface area contributed by atoms with Crippen LogP contribution in [-0.2, 0) is 12.8 Å². The molecule has 2 nitrogen and oxygen atoms in total. The fraction of sp³-hybridized carbons (Fsp3) is 0.500. The number of fused-ring (bicyclic) bond motifs is 1. The first-order valence-corrected chi connectivity index (χ1v) is 7.90. The summed E-state index contributed by atoms with van der Waals surface area (Å²) in [5, 5.41) is 3.84. The van der Waals surface area contributed by atoms with Crippen molar-refractivity contribution < 1.29 is 0 Å². The van der Waals surface area contributed by atoms with Gasteiger partial charge in [0.25, 0.3) is 0 Å². The van der Waals surface area contributed by atoms with Crippen molar-refractivity contribution in [3.63, 3.8) is 0 Å². The summed E-state index contributed by atoms with van der Waals surface area (Å²) in [5.74, 6) is 0. The standard InChI is InChI=1S/C16H21BrN2/c17-14-6-5-13-10-16(11-18,8-7-12(13)9-14)19-15-3-1-2-4-15/h1-2,5-6,9,15,19H,3-4,7-8,10-11,18H2. The van der Waals surface area contributed by atoms with Gasteiger partial charge in [0, 0.05) is 22.6 Å². The van der Waals surface area contributed by atoms with Crippen LogP contribution in [0.5, 0.6) is 0 Å². The van der Waals surface area contributed by atoms with Gasteiger partial charge in [0.1, 0.15) is 0 Å². The number of hydrogen-bond acceptors (Lipinski definition) is 2. The highest BCUT2D eigenvalue weighted by molar-refractivity contribution is 9.10. The number of hydrogen-bond donors (Lipinski definition) is 2. The highest BCUT2D eigenvalue weighted by Crippen LogP contribution is 2.31. The SMILES string of the molecule is NCC1(NC2CC=CC2)CCc2cc(Br)ccc2C1. The van der Waals surface area contributed by atoms with Gasteiger partial charge in [0.2, 0.25) is 0 Å². The Morgan fingerprint density at radius 1 is 1.26 bits per heavy atom. The predicted octanol–water partition coefficient (Wildman–Crippen LogP) is 2.94. The number of nitrogens with one attached hydrogen (secondary N) is 1. The molecule has 0 bridgehead atoms. The van der Waals surface area contributed by atoms with E-state index in [0.717, 1.165) is 38.6 Å². The van der Waals surface area contributed by atoms with Crippen molar-refractivity contribution in [2.24, 2.45) is 5.73 Å². The van der Waals surface area contributed by atoms with E-state index in [4.69, 9.17) is 5.73 Å². The zero-order valence-corrected chi connectivity index (χ0v) is 12.7. The van der Waals surface area contributed by atoms with Crippen LogP contribution in [0.25, 0.3) is 0 Å². The Hall–Kier alpha value is -0.640. The molecule has 1 unspecified atom stereocenters. The Morgan fingerprint density at radius 3 is 2.79 bits per heavy atom. The lowest BCUT2D eigenvalue weighted by Crippen LogP contribution is -2.57. The van der Waals surface area contributed by atoms with Crippen molar-refractivity contribution >= 4 is 15.9 Å². The van der Waals surface area contributed by atoms with Crippen LogP contribution in [0.15, 0.2) is 34.8 Å². The van der Waals surface area contributed by atoms with Gasteiger partial charge >= 0.3 is 0 Å². The maximum atomic E-state index is 6.11.